The van der Waals surface area contributed by atoms with E-state index in [2.05, 4.69) is 20.6 Å². The summed E-state index contributed by atoms with van der Waals surface area (Å²) >= 11 is 5.84. The first-order chi connectivity index (χ1) is 12.5. The largest absolute Gasteiger partial charge is 0.354 e. The highest BCUT2D eigenvalue weighted by atomic mass is 35.5. The fourth-order valence-corrected chi connectivity index (χ4v) is 2.37. The molecule has 0 aliphatic heterocycles. The molecule has 1 aromatic heterocycles. The minimum atomic E-state index is -1.54. The fraction of sp³-hybridized carbons (Fsp3) is 0.111. The summed E-state index contributed by atoms with van der Waals surface area (Å²) in [6, 6.07) is 10.9. The van der Waals surface area contributed by atoms with Crippen LogP contribution in [-0.4, -0.2) is 16.5 Å². The Bertz CT molecular complexity index is 903. The van der Waals surface area contributed by atoms with Crippen molar-refractivity contribution in [2.45, 2.75) is 6.42 Å². The lowest BCUT2D eigenvalue weighted by molar-refractivity contribution is 0.449. The molecule has 0 spiro atoms. The molecule has 0 radical (unpaired) electrons. The molecule has 0 aliphatic rings. The van der Waals surface area contributed by atoms with Crippen LogP contribution in [-0.2, 0) is 6.42 Å². The van der Waals surface area contributed by atoms with Crippen molar-refractivity contribution >= 4 is 29.1 Å². The van der Waals surface area contributed by atoms with Gasteiger partial charge in [0, 0.05) is 17.8 Å². The van der Waals surface area contributed by atoms with Gasteiger partial charge in [0.05, 0.1) is 5.69 Å². The maximum Gasteiger partial charge on any atom is 0.224 e. The van der Waals surface area contributed by atoms with E-state index in [9.17, 15) is 13.2 Å². The minimum absolute atomic E-state index is 0.213. The van der Waals surface area contributed by atoms with Gasteiger partial charge >= 0.3 is 0 Å². The first-order valence-corrected chi connectivity index (χ1v) is 8.12. The molecule has 0 aliphatic carbocycles. The van der Waals surface area contributed by atoms with Crippen LogP contribution in [0.4, 0.5) is 30.6 Å². The van der Waals surface area contributed by atoms with E-state index in [0.717, 1.165) is 24.1 Å². The molecule has 0 bridgehead atoms. The molecule has 3 rings (SSSR count). The molecule has 0 saturated heterocycles. The molecule has 26 heavy (non-hydrogen) atoms. The minimum Gasteiger partial charge on any atom is -0.354 e. The Labute approximate surface area is 153 Å². The average molecular weight is 379 g/mol. The van der Waals surface area contributed by atoms with Crippen molar-refractivity contribution in [2.75, 3.05) is 17.2 Å². The lowest BCUT2D eigenvalue weighted by Crippen LogP contribution is -2.09. The van der Waals surface area contributed by atoms with Gasteiger partial charge in [0.25, 0.3) is 0 Å². The van der Waals surface area contributed by atoms with Crippen molar-refractivity contribution < 1.29 is 13.2 Å². The second-order valence-corrected chi connectivity index (χ2v) is 5.85. The molecule has 4 nitrogen and oxygen atoms in total. The van der Waals surface area contributed by atoms with Crippen LogP contribution in [0.2, 0.25) is 5.02 Å². The Hall–Kier alpha value is -2.80. The molecule has 0 unspecified atom stereocenters. The lowest BCUT2D eigenvalue weighted by atomic mass is 10.1. The zero-order valence-corrected chi connectivity index (χ0v) is 14.2. The van der Waals surface area contributed by atoms with Crippen molar-refractivity contribution in [3.05, 3.63) is 76.7 Å². The average Bonchev–Trinajstić information content (AvgIpc) is 2.64. The maximum absolute atomic E-state index is 13.7. The summed E-state index contributed by atoms with van der Waals surface area (Å²) in [4.78, 5) is 8.24. The highest BCUT2D eigenvalue weighted by molar-refractivity contribution is 6.30. The number of anilines is 3. The zero-order valence-electron chi connectivity index (χ0n) is 13.4. The number of benzene rings is 2. The van der Waals surface area contributed by atoms with E-state index in [-0.39, 0.29) is 11.5 Å². The quantitative estimate of drug-likeness (QED) is 0.596. The summed E-state index contributed by atoms with van der Waals surface area (Å²) in [5.74, 6) is -3.52. The third kappa shape index (κ3) is 4.43. The van der Waals surface area contributed by atoms with E-state index < -0.39 is 17.5 Å². The summed E-state index contributed by atoms with van der Waals surface area (Å²) in [5, 5.41) is 6.33. The topological polar surface area (TPSA) is 49.8 Å². The van der Waals surface area contributed by atoms with Crippen LogP contribution in [0.3, 0.4) is 0 Å². The Balaban J connectivity index is 1.63. The molecule has 0 atom stereocenters. The molecular weight excluding hydrogens is 365 g/mol. The summed E-state index contributed by atoms with van der Waals surface area (Å²) < 4.78 is 40.0. The van der Waals surface area contributed by atoms with Gasteiger partial charge in [0.15, 0.2) is 17.5 Å². The Morgan fingerprint density at radius 3 is 2.46 bits per heavy atom. The van der Waals surface area contributed by atoms with Gasteiger partial charge in [0.2, 0.25) is 5.95 Å². The van der Waals surface area contributed by atoms with Gasteiger partial charge in [-0.1, -0.05) is 23.7 Å². The third-order valence-corrected chi connectivity index (χ3v) is 3.82. The molecule has 1 heterocycles. The summed E-state index contributed by atoms with van der Waals surface area (Å²) in [6.45, 7) is 0.574. The van der Waals surface area contributed by atoms with E-state index in [1.807, 2.05) is 24.3 Å². The number of aromatic nitrogens is 2. The number of nitrogens with zero attached hydrogens (tertiary/aromatic N) is 2. The van der Waals surface area contributed by atoms with Crippen molar-refractivity contribution in [1.29, 1.82) is 0 Å². The van der Waals surface area contributed by atoms with E-state index in [1.165, 1.54) is 12.3 Å². The molecule has 134 valence electrons. The van der Waals surface area contributed by atoms with Crippen LogP contribution in [0.15, 0.2) is 48.7 Å². The standard InChI is InChI=1S/C18H14ClF3N4/c19-12-3-1-11(2-4-12)7-9-23-18-24-10-8-15(26-18)25-14-6-5-13(20)16(21)17(14)22/h1-6,8,10H,7,9H2,(H2,23,24,25,26). The first-order valence-electron chi connectivity index (χ1n) is 7.75. The highest BCUT2D eigenvalue weighted by Gasteiger charge is 2.13. The predicted molar refractivity (Wildman–Crippen MR) is 95.3 cm³/mol. The van der Waals surface area contributed by atoms with Crippen molar-refractivity contribution in [1.82, 2.24) is 9.97 Å². The highest BCUT2D eigenvalue weighted by Crippen LogP contribution is 2.22. The lowest BCUT2D eigenvalue weighted by Gasteiger charge is -2.10. The summed E-state index contributed by atoms with van der Waals surface area (Å²) in [7, 11) is 0. The second-order valence-electron chi connectivity index (χ2n) is 5.42. The summed E-state index contributed by atoms with van der Waals surface area (Å²) in [6.07, 6.45) is 2.20. The maximum atomic E-state index is 13.7. The smallest absolute Gasteiger partial charge is 0.224 e. The van der Waals surface area contributed by atoms with Gasteiger partial charge in [-0.25, -0.2) is 18.2 Å². The third-order valence-electron chi connectivity index (χ3n) is 3.56. The van der Waals surface area contributed by atoms with Gasteiger partial charge in [-0.2, -0.15) is 4.98 Å². The number of hydrogen-bond acceptors (Lipinski definition) is 4. The van der Waals surface area contributed by atoms with Gasteiger partial charge in [-0.05, 0) is 42.3 Å². The monoisotopic (exact) mass is 378 g/mol. The normalized spacial score (nSPS) is 10.6. The van der Waals surface area contributed by atoms with Gasteiger partial charge in [-0.3, -0.25) is 0 Å². The number of nitrogens with one attached hydrogen (secondary N) is 2. The molecule has 8 heteroatoms. The van der Waals surface area contributed by atoms with Gasteiger partial charge < -0.3 is 10.6 Å². The molecule has 3 aromatic rings. The first kappa shape index (κ1) is 18.0. The molecule has 0 saturated carbocycles. The van der Waals surface area contributed by atoms with E-state index in [1.54, 1.807) is 0 Å². The summed E-state index contributed by atoms with van der Waals surface area (Å²) in [5.41, 5.74) is 0.884. The van der Waals surface area contributed by atoms with Crippen LogP contribution in [0.25, 0.3) is 0 Å². The SMILES string of the molecule is Fc1ccc(Nc2ccnc(NCCc3ccc(Cl)cc3)n2)c(F)c1F. The van der Waals surface area contributed by atoms with Crippen molar-refractivity contribution in [2.24, 2.45) is 0 Å². The number of hydrogen-bond donors (Lipinski definition) is 2. The Kier molecular flexibility index (Phi) is 5.58. The van der Waals surface area contributed by atoms with Crippen LogP contribution in [0.5, 0.6) is 0 Å². The van der Waals surface area contributed by atoms with Crippen molar-refractivity contribution in [3.63, 3.8) is 0 Å². The van der Waals surface area contributed by atoms with E-state index >= 15 is 0 Å². The van der Waals surface area contributed by atoms with E-state index in [4.69, 9.17) is 11.6 Å². The molecule has 0 amide bonds. The molecule has 2 aromatic carbocycles. The fourth-order valence-electron chi connectivity index (χ4n) is 2.24. The molecule has 2 N–H and O–H groups in total. The Morgan fingerprint density at radius 2 is 1.69 bits per heavy atom. The number of rotatable bonds is 6. The number of halogens is 4. The van der Waals surface area contributed by atoms with Gasteiger partial charge in [0.1, 0.15) is 5.82 Å². The molecule has 0 fully saturated rings. The van der Waals surface area contributed by atoms with Crippen molar-refractivity contribution in [3.8, 4) is 0 Å². The van der Waals surface area contributed by atoms with E-state index in [0.29, 0.717) is 17.5 Å². The van der Waals surface area contributed by atoms with Crippen LogP contribution in [0, 0.1) is 17.5 Å². The van der Waals surface area contributed by atoms with Crippen LogP contribution >= 0.6 is 11.6 Å². The Morgan fingerprint density at radius 1 is 0.923 bits per heavy atom. The van der Waals surface area contributed by atoms with Crippen LogP contribution in [0.1, 0.15) is 5.56 Å². The molecular formula is C18H14ClF3N4. The zero-order chi connectivity index (χ0) is 18.5. The van der Waals surface area contributed by atoms with Gasteiger partial charge in [-0.15, -0.1) is 0 Å². The second kappa shape index (κ2) is 8.05. The predicted octanol–water partition coefficient (Wildman–Crippen LogP) is 4.95. The van der Waals surface area contributed by atoms with Crippen LogP contribution < -0.4 is 10.6 Å².